The summed E-state index contributed by atoms with van der Waals surface area (Å²) in [7, 11) is 3.92. The molecule has 4 unspecified atom stereocenters. The van der Waals surface area contributed by atoms with Crippen LogP contribution in [0.4, 0.5) is 4.79 Å². The number of hydrogen-bond acceptors (Lipinski definition) is 6. The lowest BCUT2D eigenvalue weighted by atomic mass is 9.85. The van der Waals surface area contributed by atoms with Crippen LogP contribution in [0.25, 0.3) is 0 Å². The number of nitrogens with one attached hydrogen (secondary N) is 2. The van der Waals surface area contributed by atoms with E-state index in [2.05, 4.69) is 15.5 Å². The standard InChI is InChI=1S/C24H32N4O5/c1-13-9-16(29)10-14(2)17(13)11-15(27(3)4)12-26-24(32)25-7-8-28-22(30)20-18-5-6-19(33-18)21(20)23(28)31/h5-6,9-10,15,18-21,29H,7-8,11-12H2,1-4H3,(H2,25,26,32)/t15-,18?,19?,20?,21?/m0/s1. The zero-order chi connectivity index (χ0) is 23.9. The lowest BCUT2D eigenvalue weighted by Crippen LogP contribution is -2.47. The number of urea groups is 1. The zero-order valence-corrected chi connectivity index (χ0v) is 19.5. The van der Waals surface area contributed by atoms with E-state index in [1.54, 1.807) is 12.1 Å². The third kappa shape index (κ3) is 4.47. The molecule has 3 heterocycles. The number of fused-ring (bicyclic) bond motifs is 5. The van der Waals surface area contributed by atoms with Crippen LogP contribution in [-0.4, -0.2) is 84.7 Å². The lowest BCUT2D eigenvalue weighted by Gasteiger charge is -2.26. The van der Waals surface area contributed by atoms with Gasteiger partial charge in [-0.05, 0) is 63.2 Å². The predicted molar refractivity (Wildman–Crippen MR) is 122 cm³/mol. The van der Waals surface area contributed by atoms with Crippen molar-refractivity contribution in [1.29, 1.82) is 0 Å². The van der Waals surface area contributed by atoms with Gasteiger partial charge in [-0.3, -0.25) is 14.5 Å². The Labute approximate surface area is 193 Å². The van der Waals surface area contributed by atoms with E-state index in [4.69, 9.17) is 4.74 Å². The second-order valence-corrected chi connectivity index (χ2v) is 9.35. The first-order valence-electron chi connectivity index (χ1n) is 11.3. The maximum atomic E-state index is 12.6. The van der Waals surface area contributed by atoms with Gasteiger partial charge >= 0.3 is 6.03 Å². The fourth-order valence-corrected chi connectivity index (χ4v) is 5.11. The molecule has 33 heavy (non-hydrogen) atoms. The Balaban J connectivity index is 1.25. The number of ether oxygens (including phenoxy) is 1. The largest absolute Gasteiger partial charge is 0.508 e. The molecule has 178 valence electrons. The number of benzene rings is 1. The van der Waals surface area contributed by atoms with Gasteiger partial charge in [-0.25, -0.2) is 4.79 Å². The summed E-state index contributed by atoms with van der Waals surface area (Å²) in [6, 6.07) is 3.21. The number of phenolic OH excluding ortho intramolecular Hbond substituents is 1. The van der Waals surface area contributed by atoms with Crippen LogP contribution in [0, 0.1) is 25.7 Å². The highest BCUT2D eigenvalue weighted by molar-refractivity contribution is 6.06. The molecular weight excluding hydrogens is 424 g/mol. The number of aryl methyl sites for hydroxylation is 2. The molecule has 0 aromatic heterocycles. The minimum atomic E-state index is -0.422. The minimum Gasteiger partial charge on any atom is -0.508 e. The van der Waals surface area contributed by atoms with E-state index < -0.39 is 11.8 Å². The molecule has 0 radical (unpaired) electrons. The Morgan fingerprint density at radius 2 is 1.67 bits per heavy atom. The molecule has 4 amide bonds. The quantitative estimate of drug-likeness (QED) is 0.393. The van der Waals surface area contributed by atoms with Crippen LogP contribution in [0.1, 0.15) is 16.7 Å². The van der Waals surface area contributed by atoms with Gasteiger partial charge in [0.05, 0.1) is 24.0 Å². The van der Waals surface area contributed by atoms with Crippen molar-refractivity contribution in [2.24, 2.45) is 11.8 Å². The Kier molecular flexibility index (Phi) is 6.45. The predicted octanol–water partition coefficient (Wildman–Crippen LogP) is 0.719. The Hall–Kier alpha value is -2.91. The molecule has 0 saturated carbocycles. The van der Waals surface area contributed by atoms with Crippen LogP contribution in [0.15, 0.2) is 24.3 Å². The summed E-state index contributed by atoms with van der Waals surface area (Å²) < 4.78 is 5.63. The Morgan fingerprint density at radius 1 is 1.09 bits per heavy atom. The molecule has 1 aromatic carbocycles. The van der Waals surface area contributed by atoms with Crippen LogP contribution in [0.2, 0.25) is 0 Å². The van der Waals surface area contributed by atoms with E-state index in [0.717, 1.165) is 23.1 Å². The van der Waals surface area contributed by atoms with Crippen molar-refractivity contribution in [2.45, 2.75) is 38.5 Å². The molecule has 4 rings (SSSR count). The van der Waals surface area contributed by atoms with Crippen LogP contribution in [0.5, 0.6) is 5.75 Å². The molecule has 1 aromatic rings. The first-order valence-corrected chi connectivity index (χ1v) is 11.3. The number of hydrogen-bond donors (Lipinski definition) is 3. The van der Waals surface area contributed by atoms with Crippen molar-refractivity contribution < 1.29 is 24.2 Å². The van der Waals surface area contributed by atoms with Gasteiger partial charge in [-0.15, -0.1) is 0 Å². The van der Waals surface area contributed by atoms with Crippen LogP contribution < -0.4 is 10.6 Å². The number of phenols is 1. The van der Waals surface area contributed by atoms with Crippen molar-refractivity contribution in [1.82, 2.24) is 20.4 Å². The summed E-state index contributed by atoms with van der Waals surface area (Å²) in [5.41, 5.74) is 3.18. The Bertz CT molecular complexity index is 938. The molecule has 3 aliphatic rings. The van der Waals surface area contributed by atoms with Gasteiger partial charge in [-0.2, -0.15) is 0 Å². The minimum absolute atomic E-state index is 0.0572. The summed E-state index contributed by atoms with van der Waals surface area (Å²) in [6.07, 6.45) is 3.83. The fraction of sp³-hybridized carbons (Fsp3) is 0.542. The van der Waals surface area contributed by atoms with Gasteiger partial charge in [-0.1, -0.05) is 12.2 Å². The van der Waals surface area contributed by atoms with Crippen molar-refractivity contribution in [3.63, 3.8) is 0 Å². The highest BCUT2D eigenvalue weighted by atomic mass is 16.5. The molecule has 9 heteroatoms. The summed E-state index contributed by atoms with van der Waals surface area (Å²) >= 11 is 0. The van der Waals surface area contributed by atoms with Gasteiger partial charge in [0.15, 0.2) is 0 Å². The number of carbonyl (C=O) groups is 3. The molecule has 2 bridgehead atoms. The summed E-state index contributed by atoms with van der Waals surface area (Å²) in [6.45, 7) is 4.71. The molecular formula is C24H32N4O5. The summed E-state index contributed by atoms with van der Waals surface area (Å²) in [5.74, 6) is -1.02. The summed E-state index contributed by atoms with van der Waals surface area (Å²) in [5, 5.41) is 15.4. The third-order valence-electron chi connectivity index (χ3n) is 6.97. The topological polar surface area (TPSA) is 111 Å². The number of likely N-dealkylation sites (tertiary alicyclic amines) is 1. The second kappa shape index (κ2) is 9.15. The van der Waals surface area contributed by atoms with E-state index in [1.165, 1.54) is 4.90 Å². The fourth-order valence-electron chi connectivity index (χ4n) is 5.11. The van der Waals surface area contributed by atoms with Gasteiger partial charge in [0.1, 0.15) is 5.75 Å². The molecule has 9 nitrogen and oxygen atoms in total. The number of rotatable bonds is 8. The van der Waals surface area contributed by atoms with E-state index in [-0.39, 0.29) is 54.9 Å². The highest BCUT2D eigenvalue weighted by Gasteiger charge is 2.60. The van der Waals surface area contributed by atoms with E-state index >= 15 is 0 Å². The zero-order valence-electron chi connectivity index (χ0n) is 19.5. The first-order chi connectivity index (χ1) is 15.7. The average molecular weight is 457 g/mol. The number of likely N-dealkylation sites (N-methyl/N-ethyl adjacent to an activating group) is 1. The number of imide groups is 1. The highest BCUT2D eigenvalue weighted by Crippen LogP contribution is 2.44. The molecule has 3 N–H and O–H groups in total. The summed E-state index contributed by atoms with van der Waals surface area (Å²) in [4.78, 5) is 41.0. The van der Waals surface area contributed by atoms with Crippen molar-refractivity contribution in [3.8, 4) is 5.75 Å². The third-order valence-corrected chi connectivity index (χ3v) is 6.97. The number of aromatic hydroxyl groups is 1. The number of amides is 4. The van der Waals surface area contributed by atoms with Gasteiger partial charge < -0.3 is 25.4 Å². The maximum absolute atomic E-state index is 12.6. The van der Waals surface area contributed by atoms with Crippen LogP contribution >= 0.6 is 0 Å². The van der Waals surface area contributed by atoms with Crippen molar-refractivity contribution >= 4 is 17.8 Å². The van der Waals surface area contributed by atoms with E-state index in [9.17, 15) is 19.5 Å². The number of nitrogens with zero attached hydrogens (tertiary/aromatic N) is 2. The molecule has 2 fully saturated rings. The molecule has 5 atom stereocenters. The van der Waals surface area contributed by atoms with Gasteiger partial charge in [0.2, 0.25) is 11.8 Å². The molecule has 0 spiro atoms. The van der Waals surface area contributed by atoms with Crippen LogP contribution in [0.3, 0.4) is 0 Å². The monoisotopic (exact) mass is 456 g/mol. The average Bonchev–Trinajstić information content (AvgIpc) is 3.42. The van der Waals surface area contributed by atoms with Crippen molar-refractivity contribution in [2.75, 3.05) is 33.7 Å². The van der Waals surface area contributed by atoms with E-state index in [0.29, 0.717) is 6.54 Å². The van der Waals surface area contributed by atoms with Gasteiger partial charge in [0, 0.05) is 25.7 Å². The maximum Gasteiger partial charge on any atom is 0.314 e. The van der Waals surface area contributed by atoms with Gasteiger partial charge in [0.25, 0.3) is 0 Å². The number of carbonyl (C=O) groups excluding carboxylic acids is 3. The van der Waals surface area contributed by atoms with Crippen LogP contribution in [-0.2, 0) is 20.7 Å². The smallest absolute Gasteiger partial charge is 0.314 e. The second-order valence-electron chi connectivity index (χ2n) is 9.35. The van der Waals surface area contributed by atoms with E-state index in [1.807, 2.05) is 40.1 Å². The molecule has 0 aliphatic carbocycles. The van der Waals surface area contributed by atoms with Crippen molar-refractivity contribution in [3.05, 3.63) is 41.0 Å². The molecule has 3 aliphatic heterocycles. The lowest BCUT2D eigenvalue weighted by molar-refractivity contribution is -0.142. The SMILES string of the molecule is Cc1cc(O)cc(C)c1C[C@@H](CNC(=O)NCCN1C(=O)C2C3C=CC(O3)C2C1=O)N(C)C. The first kappa shape index (κ1) is 23.3. The normalized spacial score (nSPS) is 26.3. The Morgan fingerprint density at radius 3 is 2.21 bits per heavy atom. The molecule has 2 saturated heterocycles.